The molecule has 0 radical (unpaired) electrons. The van der Waals surface area contributed by atoms with E-state index in [4.69, 9.17) is 4.74 Å². The van der Waals surface area contributed by atoms with Crippen LogP contribution in [0.3, 0.4) is 0 Å². The molecule has 1 fully saturated rings. The number of hydrogen-bond acceptors (Lipinski definition) is 2. The third kappa shape index (κ3) is 4.58. The van der Waals surface area contributed by atoms with E-state index >= 15 is 0 Å². The van der Waals surface area contributed by atoms with Crippen molar-refractivity contribution in [2.24, 2.45) is 5.92 Å². The molecule has 0 aromatic heterocycles. The van der Waals surface area contributed by atoms with Crippen molar-refractivity contribution in [1.29, 1.82) is 0 Å². The molecule has 1 aliphatic carbocycles. The van der Waals surface area contributed by atoms with Gasteiger partial charge >= 0.3 is 0 Å². The Kier molecular flexibility index (Phi) is 5.01. The lowest BCUT2D eigenvalue weighted by Gasteiger charge is -2.13. The van der Waals surface area contributed by atoms with Gasteiger partial charge in [-0.05, 0) is 61.1 Å². The molecule has 2 aromatic rings. The Hall–Kier alpha value is -1.81. The normalized spacial score (nSPS) is 15.0. The van der Waals surface area contributed by atoms with Gasteiger partial charge < -0.3 is 10.1 Å². The maximum absolute atomic E-state index is 11.8. The summed E-state index contributed by atoms with van der Waals surface area (Å²) in [6.07, 6.45) is 2.44. The Labute approximate surface area is 145 Å². The van der Waals surface area contributed by atoms with Crippen molar-refractivity contribution in [2.75, 3.05) is 6.61 Å². The van der Waals surface area contributed by atoms with Gasteiger partial charge in [0, 0.05) is 10.5 Å². The monoisotopic (exact) mass is 373 g/mol. The van der Waals surface area contributed by atoms with E-state index < -0.39 is 0 Å². The zero-order chi connectivity index (χ0) is 16.2. The first kappa shape index (κ1) is 16.1. The largest absolute Gasteiger partial charge is 0.484 e. The predicted molar refractivity (Wildman–Crippen MR) is 95.4 cm³/mol. The summed E-state index contributed by atoms with van der Waals surface area (Å²) in [5, 5.41) is 2.99. The number of benzene rings is 2. The van der Waals surface area contributed by atoms with E-state index in [2.05, 4.69) is 40.3 Å². The van der Waals surface area contributed by atoms with Crippen LogP contribution in [0.5, 0.6) is 5.75 Å². The summed E-state index contributed by atoms with van der Waals surface area (Å²) in [6.45, 7) is 2.12. The van der Waals surface area contributed by atoms with Crippen molar-refractivity contribution in [3.8, 4) is 16.9 Å². The summed E-state index contributed by atoms with van der Waals surface area (Å²) in [5.41, 5.74) is 2.27. The molecule has 1 aliphatic rings. The first-order valence-electron chi connectivity index (χ1n) is 7.90. The molecule has 3 nitrogen and oxygen atoms in total. The maximum atomic E-state index is 11.8. The van der Waals surface area contributed by atoms with Crippen molar-refractivity contribution >= 4 is 21.8 Å². The van der Waals surface area contributed by atoms with Crippen LogP contribution in [0.15, 0.2) is 53.0 Å². The molecule has 0 unspecified atom stereocenters. The molecule has 1 N–H and O–H groups in total. The summed E-state index contributed by atoms with van der Waals surface area (Å²) >= 11 is 3.44. The van der Waals surface area contributed by atoms with E-state index in [9.17, 15) is 4.79 Å². The van der Waals surface area contributed by atoms with Crippen LogP contribution < -0.4 is 10.1 Å². The summed E-state index contributed by atoms with van der Waals surface area (Å²) in [6, 6.07) is 16.2. The Balaban J connectivity index is 1.52. The SMILES string of the molecule is C[C@H](NC(=O)COc1ccc(-c2ccc(Br)cc2)cc1)C1CC1. The van der Waals surface area contributed by atoms with Gasteiger partial charge in [0.1, 0.15) is 5.75 Å². The van der Waals surface area contributed by atoms with E-state index in [0.29, 0.717) is 11.7 Å². The van der Waals surface area contributed by atoms with Gasteiger partial charge in [-0.2, -0.15) is 0 Å². The number of nitrogens with one attached hydrogen (secondary N) is 1. The predicted octanol–water partition coefficient (Wildman–Crippen LogP) is 4.41. The third-order valence-corrected chi connectivity index (χ3v) is 4.65. The summed E-state index contributed by atoms with van der Waals surface area (Å²) in [4.78, 5) is 11.8. The van der Waals surface area contributed by atoms with Crippen LogP contribution in [-0.2, 0) is 4.79 Å². The average molecular weight is 374 g/mol. The Morgan fingerprint density at radius 3 is 2.26 bits per heavy atom. The molecule has 1 saturated carbocycles. The first-order chi connectivity index (χ1) is 11.1. The van der Waals surface area contributed by atoms with E-state index in [0.717, 1.165) is 15.6 Å². The van der Waals surface area contributed by atoms with Crippen LogP contribution in [0.1, 0.15) is 19.8 Å². The minimum atomic E-state index is -0.0543. The standard InChI is InChI=1S/C19H20BrNO2/c1-13(14-2-3-14)21-19(22)12-23-18-10-6-16(7-11-18)15-4-8-17(20)9-5-15/h4-11,13-14H,2-3,12H2,1H3,(H,21,22)/t13-/m0/s1. The van der Waals surface area contributed by atoms with Crippen LogP contribution in [0.2, 0.25) is 0 Å². The highest BCUT2D eigenvalue weighted by atomic mass is 79.9. The minimum Gasteiger partial charge on any atom is -0.484 e. The fourth-order valence-corrected chi connectivity index (χ4v) is 2.81. The highest BCUT2D eigenvalue weighted by Crippen LogP contribution is 2.32. The maximum Gasteiger partial charge on any atom is 0.258 e. The van der Waals surface area contributed by atoms with Gasteiger partial charge in [0.05, 0.1) is 0 Å². The molecule has 120 valence electrons. The van der Waals surface area contributed by atoms with Gasteiger partial charge in [-0.3, -0.25) is 4.79 Å². The van der Waals surface area contributed by atoms with Crippen molar-refractivity contribution < 1.29 is 9.53 Å². The average Bonchev–Trinajstić information content (AvgIpc) is 3.39. The molecule has 23 heavy (non-hydrogen) atoms. The number of rotatable bonds is 6. The number of halogens is 1. The quantitative estimate of drug-likeness (QED) is 0.814. The number of amides is 1. The van der Waals surface area contributed by atoms with Gasteiger partial charge in [-0.25, -0.2) is 0 Å². The summed E-state index contributed by atoms with van der Waals surface area (Å²) < 4.78 is 6.62. The zero-order valence-corrected chi connectivity index (χ0v) is 14.7. The van der Waals surface area contributed by atoms with Crippen LogP contribution in [0.4, 0.5) is 0 Å². The van der Waals surface area contributed by atoms with Crippen molar-refractivity contribution in [3.05, 3.63) is 53.0 Å². The Morgan fingerprint density at radius 2 is 1.70 bits per heavy atom. The number of carbonyl (C=O) groups excluding carboxylic acids is 1. The zero-order valence-electron chi connectivity index (χ0n) is 13.1. The van der Waals surface area contributed by atoms with Crippen molar-refractivity contribution in [2.45, 2.75) is 25.8 Å². The Bertz CT molecular complexity index is 663. The van der Waals surface area contributed by atoms with Crippen LogP contribution in [-0.4, -0.2) is 18.6 Å². The second-order valence-electron chi connectivity index (χ2n) is 6.01. The molecule has 0 heterocycles. The molecule has 0 saturated heterocycles. The summed E-state index contributed by atoms with van der Waals surface area (Å²) in [7, 11) is 0. The van der Waals surface area contributed by atoms with Crippen LogP contribution in [0.25, 0.3) is 11.1 Å². The van der Waals surface area contributed by atoms with E-state index in [1.54, 1.807) is 0 Å². The summed E-state index contributed by atoms with van der Waals surface area (Å²) in [5.74, 6) is 1.31. The highest BCUT2D eigenvalue weighted by molar-refractivity contribution is 9.10. The van der Waals surface area contributed by atoms with Gasteiger partial charge in [0.2, 0.25) is 0 Å². The van der Waals surface area contributed by atoms with Gasteiger partial charge in [-0.15, -0.1) is 0 Å². The molecule has 2 aromatic carbocycles. The fraction of sp³-hybridized carbons (Fsp3) is 0.316. The third-order valence-electron chi connectivity index (χ3n) is 4.12. The molecule has 1 amide bonds. The van der Waals surface area contributed by atoms with Gasteiger partial charge in [0.15, 0.2) is 6.61 Å². The topological polar surface area (TPSA) is 38.3 Å². The van der Waals surface area contributed by atoms with Crippen molar-refractivity contribution in [3.63, 3.8) is 0 Å². The van der Waals surface area contributed by atoms with E-state index in [1.807, 2.05) is 36.4 Å². The molecule has 0 spiro atoms. The van der Waals surface area contributed by atoms with Crippen molar-refractivity contribution in [1.82, 2.24) is 5.32 Å². The molecular formula is C19H20BrNO2. The highest BCUT2D eigenvalue weighted by Gasteiger charge is 2.28. The molecule has 0 bridgehead atoms. The lowest BCUT2D eigenvalue weighted by molar-refractivity contribution is -0.123. The number of ether oxygens (including phenoxy) is 1. The number of carbonyl (C=O) groups is 1. The second kappa shape index (κ2) is 7.18. The lowest BCUT2D eigenvalue weighted by atomic mass is 10.1. The number of hydrogen-bond donors (Lipinski definition) is 1. The van der Waals surface area contributed by atoms with Gasteiger partial charge in [0.25, 0.3) is 5.91 Å². The fourth-order valence-electron chi connectivity index (χ4n) is 2.54. The minimum absolute atomic E-state index is 0.0543. The van der Waals surface area contributed by atoms with Gasteiger partial charge in [-0.1, -0.05) is 40.2 Å². The lowest BCUT2D eigenvalue weighted by Crippen LogP contribution is -2.37. The van der Waals surface area contributed by atoms with Crippen LogP contribution >= 0.6 is 15.9 Å². The first-order valence-corrected chi connectivity index (χ1v) is 8.69. The smallest absolute Gasteiger partial charge is 0.258 e. The van der Waals surface area contributed by atoms with Crippen LogP contribution in [0, 0.1) is 5.92 Å². The molecule has 1 atom stereocenters. The van der Waals surface area contributed by atoms with E-state index in [1.165, 1.54) is 12.8 Å². The molecule has 4 heteroatoms. The molecule has 0 aliphatic heterocycles. The molecule has 3 rings (SSSR count). The molecular weight excluding hydrogens is 354 g/mol. The Morgan fingerprint density at radius 1 is 1.13 bits per heavy atom. The second-order valence-corrected chi connectivity index (χ2v) is 6.93. The van der Waals surface area contributed by atoms with E-state index in [-0.39, 0.29) is 18.6 Å².